The lowest BCUT2D eigenvalue weighted by Gasteiger charge is -2.08. The van der Waals surface area contributed by atoms with Crippen LogP contribution in [0.3, 0.4) is 0 Å². The van der Waals surface area contributed by atoms with E-state index in [1.807, 2.05) is 4.68 Å². The molecule has 0 aliphatic heterocycles. The van der Waals surface area contributed by atoms with E-state index in [-0.39, 0.29) is 0 Å². The van der Waals surface area contributed by atoms with Gasteiger partial charge in [0.1, 0.15) is 5.69 Å². The van der Waals surface area contributed by atoms with Crippen LogP contribution in [0.25, 0.3) is 0 Å². The van der Waals surface area contributed by atoms with Gasteiger partial charge in [-0.3, -0.25) is 0 Å². The third-order valence-corrected chi connectivity index (χ3v) is 2.73. The molecule has 0 spiro atoms. The summed E-state index contributed by atoms with van der Waals surface area (Å²) in [5.74, 6) is 1.78. The molecule has 1 heterocycles. The van der Waals surface area contributed by atoms with Gasteiger partial charge in [-0.05, 0) is 18.8 Å². The van der Waals surface area contributed by atoms with Crippen molar-refractivity contribution < 1.29 is 0 Å². The van der Waals surface area contributed by atoms with Crippen molar-refractivity contribution in [3.63, 3.8) is 0 Å². The molecule has 1 fully saturated rings. The van der Waals surface area contributed by atoms with Crippen molar-refractivity contribution >= 4 is 11.6 Å². The molecule has 1 aromatic heterocycles. The second-order valence-corrected chi connectivity index (χ2v) is 4.67. The minimum absolute atomic E-state index is 0.490. The first-order chi connectivity index (χ1) is 6.72. The van der Waals surface area contributed by atoms with Gasteiger partial charge in [0.05, 0.1) is 11.6 Å². The first kappa shape index (κ1) is 9.97. The van der Waals surface area contributed by atoms with Crippen LogP contribution in [0.1, 0.15) is 44.0 Å². The molecule has 0 atom stereocenters. The van der Waals surface area contributed by atoms with Crippen molar-refractivity contribution in [3.05, 3.63) is 11.4 Å². The Kier molecular flexibility index (Phi) is 2.77. The van der Waals surface area contributed by atoms with E-state index in [0.717, 1.165) is 12.2 Å². The van der Waals surface area contributed by atoms with Gasteiger partial charge in [0, 0.05) is 12.5 Å². The Labute approximate surface area is 89.4 Å². The highest BCUT2D eigenvalue weighted by molar-refractivity contribution is 6.16. The van der Waals surface area contributed by atoms with E-state index in [2.05, 4.69) is 24.2 Å². The molecule has 0 radical (unpaired) electrons. The van der Waals surface area contributed by atoms with E-state index >= 15 is 0 Å². The first-order valence-electron chi connectivity index (χ1n) is 5.20. The Morgan fingerprint density at radius 3 is 2.71 bits per heavy atom. The second kappa shape index (κ2) is 3.89. The van der Waals surface area contributed by atoms with Gasteiger partial charge >= 0.3 is 0 Å². The topological polar surface area (TPSA) is 30.7 Å². The molecule has 3 nitrogen and oxygen atoms in total. The van der Waals surface area contributed by atoms with Crippen LogP contribution < -0.4 is 0 Å². The van der Waals surface area contributed by atoms with E-state index in [0.29, 0.717) is 17.7 Å². The molecule has 0 saturated heterocycles. The number of alkyl halides is 1. The Balaban J connectivity index is 2.25. The van der Waals surface area contributed by atoms with Gasteiger partial charge in [0.2, 0.25) is 0 Å². The van der Waals surface area contributed by atoms with Crippen LogP contribution in [0.5, 0.6) is 0 Å². The van der Waals surface area contributed by atoms with E-state index in [1.54, 1.807) is 0 Å². The third kappa shape index (κ3) is 1.92. The average Bonchev–Trinajstić information content (AvgIpc) is 2.88. The lowest BCUT2D eigenvalue weighted by Crippen LogP contribution is -2.09. The SMILES string of the molecule is CC(C)Cn1nnc(CCl)c1C1CC1. The summed E-state index contributed by atoms with van der Waals surface area (Å²) in [6.07, 6.45) is 2.55. The van der Waals surface area contributed by atoms with Crippen LogP contribution in [-0.4, -0.2) is 15.0 Å². The van der Waals surface area contributed by atoms with Gasteiger partial charge in [-0.2, -0.15) is 0 Å². The Morgan fingerprint density at radius 1 is 1.50 bits per heavy atom. The molecule has 2 rings (SSSR count). The van der Waals surface area contributed by atoms with Gasteiger partial charge in [0.15, 0.2) is 0 Å². The zero-order valence-corrected chi connectivity index (χ0v) is 9.46. The summed E-state index contributed by atoms with van der Waals surface area (Å²) >= 11 is 5.84. The molecule has 0 aromatic carbocycles. The van der Waals surface area contributed by atoms with E-state index in [9.17, 15) is 0 Å². The quantitative estimate of drug-likeness (QED) is 0.720. The summed E-state index contributed by atoms with van der Waals surface area (Å²) in [7, 11) is 0. The zero-order chi connectivity index (χ0) is 10.1. The lowest BCUT2D eigenvalue weighted by molar-refractivity contribution is 0.459. The number of hydrogen-bond donors (Lipinski definition) is 0. The number of rotatable bonds is 4. The lowest BCUT2D eigenvalue weighted by atomic mass is 10.2. The highest BCUT2D eigenvalue weighted by Crippen LogP contribution is 2.41. The normalized spacial score (nSPS) is 16.6. The van der Waals surface area contributed by atoms with Crippen LogP contribution in [0.4, 0.5) is 0 Å². The summed E-state index contributed by atoms with van der Waals surface area (Å²) in [4.78, 5) is 0. The molecule has 1 aliphatic rings. The van der Waals surface area contributed by atoms with Gasteiger partial charge in [-0.1, -0.05) is 19.1 Å². The molecule has 0 bridgehead atoms. The molecular formula is C10H16ClN3. The van der Waals surface area contributed by atoms with Crippen molar-refractivity contribution in [3.8, 4) is 0 Å². The zero-order valence-electron chi connectivity index (χ0n) is 8.70. The molecule has 0 N–H and O–H groups in total. The summed E-state index contributed by atoms with van der Waals surface area (Å²) in [5, 5.41) is 8.30. The van der Waals surface area contributed by atoms with Crippen molar-refractivity contribution in [1.29, 1.82) is 0 Å². The van der Waals surface area contributed by atoms with Gasteiger partial charge in [-0.25, -0.2) is 4.68 Å². The molecule has 0 unspecified atom stereocenters. The summed E-state index contributed by atoms with van der Waals surface area (Å²) in [5.41, 5.74) is 2.27. The van der Waals surface area contributed by atoms with E-state index in [1.165, 1.54) is 18.5 Å². The molecular weight excluding hydrogens is 198 g/mol. The predicted octanol–water partition coefficient (Wildman–Crippen LogP) is 2.55. The fourth-order valence-corrected chi connectivity index (χ4v) is 1.93. The van der Waals surface area contributed by atoms with Crippen molar-refractivity contribution in [1.82, 2.24) is 15.0 Å². The maximum atomic E-state index is 5.84. The van der Waals surface area contributed by atoms with Crippen LogP contribution in [0.2, 0.25) is 0 Å². The van der Waals surface area contributed by atoms with Crippen LogP contribution in [0.15, 0.2) is 0 Å². The van der Waals surface area contributed by atoms with Gasteiger partial charge in [-0.15, -0.1) is 16.7 Å². The highest BCUT2D eigenvalue weighted by atomic mass is 35.5. The Bertz CT molecular complexity index is 315. The highest BCUT2D eigenvalue weighted by Gasteiger charge is 2.30. The molecule has 1 saturated carbocycles. The molecule has 78 valence electrons. The largest absolute Gasteiger partial charge is 0.249 e. The van der Waals surface area contributed by atoms with Crippen LogP contribution in [-0.2, 0) is 12.4 Å². The third-order valence-electron chi connectivity index (χ3n) is 2.48. The molecule has 4 heteroatoms. The molecule has 1 aromatic rings. The maximum absolute atomic E-state index is 5.84. The minimum Gasteiger partial charge on any atom is -0.249 e. The van der Waals surface area contributed by atoms with Crippen molar-refractivity contribution in [2.24, 2.45) is 5.92 Å². The predicted molar refractivity (Wildman–Crippen MR) is 56.4 cm³/mol. The summed E-state index contributed by atoms with van der Waals surface area (Å²) in [6.45, 7) is 5.34. The van der Waals surface area contributed by atoms with Crippen LogP contribution in [0, 0.1) is 5.92 Å². The number of aromatic nitrogens is 3. The molecule has 1 aliphatic carbocycles. The van der Waals surface area contributed by atoms with Crippen LogP contribution >= 0.6 is 11.6 Å². The van der Waals surface area contributed by atoms with Gasteiger partial charge in [0.25, 0.3) is 0 Å². The summed E-state index contributed by atoms with van der Waals surface area (Å²) in [6, 6.07) is 0. The minimum atomic E-state index is 0.490. The van der Waals surface area contributed by atoms with E-state index in [4.69, 9.17) is 11.6 Å². The van der Waals surface area contributed by atoms with Gasteiger partial charge < -0.3 is 0 Å². The number of hydrogen-bond acceptors (Lipinski definition) is 2. The van der Waals surface area contributed by atoms with E-state index < -0.39 is 0 Å². The smallest absolute Gasteiger partial charge is 0.101 e. The first-order valence-corrected chi connectivity index (χ1v) is 5.74. The standard InChI is InChI=1S/C10H16ClN3/c1-7(2)6-14-10(8-3-4-8)9(5-11)12-13-14/h7-8H,3-6H2,1-2H3. The average molecular weight is 214 g/mol. The monoisotopic (exact) mass is 213 g/mol. The second-order valence-electron chi connectivity index (χ2n) is 4.41. The fourth-order valence-electron chi connectivity index (χ4n) is 1.74. The number of nitrogens with zero attached hydrogens (tertiary/aromatic N) is 3. The van der Waals surface area contributed by atoms with Crippen molar-refractivity contribution in [2.45, 2.75) is 45.0 Å². The Morgan fingerprint density at radius 2 is 2.21 bits per heavy atom. The summed E-state index contributed by atoms with van der Waals surface area (Å²) < 4.78 is 2.04. The molecule has 0 amide bonds. The number of halogens is 1. The molecule has 14 heavy (non-hydrogen) atoms. The maximum Gasteiger partial charge on any atom is 0.101 e. The Hall–Kier alpha value is -0.570. The van der Waals surface area contributed by atoms with Crippen molar-refractivity contribution in [2.75, 3.05) is 0 Å². The fraction of sp³-hybridized carbons (Fsp3) is 0.800.